The Labute approximate surface area is 151 Å². The Morgan fingerprint density at radius 2 is 1.12 bits per heavy atom. The van der Waals surface area contributed by atoms with Crippen LogP contribution in [-0.4, -0.2) is 4.90 Å². The highest BCUT2D eigenvalue weighted by atomic mass is 15.1. The van der Waals surface area contributed by atoms with E-state index in [-0.39, 0.29) is 0 Å². The Bertz CT molecular complexity index is 735. The lowest BCUT2D eigenvalue weighted by Crippen LogP contribution is -2.17. The molecule has 0 aliphatic heterocycles. The topological polar surface area (TPSA) is 3.24 Å². The zero-order valence-electron chi connectivity index (χ0n) is 14.8. The molecule has 126 valence electrons. The molecule has 0 aliphatic rings. The summed E-state index contributed by atoms with van der Waals surface area (Å²) >= 11 is 0. The summed E-state index contributed by atoms with van der Waals surface area (Å²) in [6.45, 7) is 4.04. The highest BCUT2D eigenvalue weighted by Crippen LogP contribution is 2.20. The quantitative estimate of drug-likeness (QED) is 0.504. The van der Waals surface area contributed by atoms with Crippen LogP contribution in [0.4, 0.5) is 0 Å². The molecule has 25 heavy (non-hydrogen) atoms. The van der Waals surface area contributed by atoms with E-state index >= 15 is 0 Å². The smallest absolute Gasteiger partial charge is 0.0427 e. The first kappa shape index (κ1) is 17.0. The van der Waals surface area contributed by atoms with Gasteiger partial charge in [-0.05, 0) is 28.7 Å². The Hall–Kier alpha value is -2.80. The maximum Gasteiger partial charge on any atom is 0.0427 e. The van der Waals surface area contributed by atoms with E-state index in [2.05, 4.69) is 109 Å². The number of hydrogen-bond donors (Lipinski definition) is 0. The van der Waals surface area contributed by atoms with Gasteiger partial charge in [-0.2, -0.15) is 0 Å². The molecule has 0 unspecified atom stereocenters. The van der Waals surface area contributed by atoms with Crippen molar-refractivity contribution in [2.45, 2.75) is 26.4 Å². The second-order valence-electron chi connectivity index (χ2n) is 6.25. The summed E-state index contributed by atoms with van der Waals surface area (Å²) in [7, 11) is 0. The molecule has 0 fully saturated rings. The van der Waals surface area contributed by atoms with Gasteiger partial charge in [0, 0.05) is 19.3 Å². The molecule has 3 aromatic rings. The van der Waals surface area contributed by atoms with Gasteiger partial charge < -0.3 is 4.90 Å². The van der Waals surface area contributed by atoms with Gasteiger partial charge in [0.1, 0.15) is 0 Å². The van der Waals surface area contributed by atoms with Crippen LogP contribution in [-0.2, 0) is 13.1 Å². The van der Waals surface area contributed by atoms with Crippen molar-refractivity contribution < 1.29 is 0 Å². The molecular formula is C24H25N. The van der Waals surface area contributed by atoms with Crippen LogP contribution in [0.15, 0.2) is 97.2 Å². The predicted octanol–water partition coefficient (Wildman–Crippen LogP) is 6.14. The number of hydrogen-bond acceptors (Lipinski definition) is 1. The van der Waals surface area contributed by atoms with Crippen LogP contribution in [0, 0.1) is 0 Å². The van der Waals surface area contributed by atoms with Crippen LogP contribution in [0.25, 0.3) is 5.57 Å². The third kappa shape index (κ3) is 5.09. The monoisotopic (exact) mass is 327 g/mol. The Balaban J connectivity index is 1.88. The van der Waals surface area contributed by atoms with Crippen molar-refractivity contribution in [1.82, 2.24) is 4.90 Å². The van der Waals surface area contributed by atoms with E-state index in [1.807, 2.05) is 0 Å². The maximum atomic E-state index is 2.41. The molecule has 3 aromatic carbocycles. The second-order valence-corrected chi connectivity index (χ2v) is 6.25. The SMILES string of the molecule is CC/C(=C\N(Cc1ccccc1)Cc1ccccc1)c1ccccc1. The van der Waals surface area contributed by atoms with Gasteiger partial charge >= 0.3 is 0 Å². The molecular weight excluding hydrogens is 302 g/mol. The molecule has 0 radical (unpaired) electrons. The van der Waals surface area contributed by atoms with Gasteiger partial charge in [0.25, 0.3) is 0 Å². The van der Waals surface area contributed by atoms with Crippen molar-refractivity contribution in [1.29, 1.82) is 0 Å². The van der Waals surface area contributed by atoms with Gasteiger partial charge in [-0.15, -0.1) is 0 Å². The summed E-state index contributed by atoms with van der Waals surface area (Å²) in [5, 5.41) is 0. The van der Waals surface area contributed by atoms with E-state index in [1.54, 1.807) is 0 Å². The molecule has 1 heteroatoms. The first-order valence-electron chi connectivity index (χ1n) is 8.93. The van der Waals surface area contributed by atoms with Crippen molar-refractivity contribution in [2.75, 3.05) is 0 Å². The molecule has 0 aliphatic carbocycles. The molecule has 0 saturated heterocycles. The fourth-order valence-corrected chi connectivity index (χ4v) is 3.03. The van der Waals surface area contributed by atoms with Gasteiger partial charge in [0.05, 0.1) is 0 Å². The standard InChI is InChI=1S/C24H25N/c1-2-23(24-16-10-5-11-17-24)20-25(18-21-12-6-3-7-13-21)19-22-14-8-4-9-15-22/h3-17,20H,2,18-19H2,1H3/b23-20+. The van der Waals surface area contributed by atoms with E-state index in [4.69, 9.17) is 0 Å². The van der Waals surface area contributed by atoms with Gasteiger partial charge in [0.2, 0.25) is 0 Å². The summed E-state index contributed by atoms with van der Waals surface area (Å²) in [4.78, 5) is 2.41. The fourth-order valence-electron chi connectivity index (χ4n) is 3.03. The molecule has 0 N–H and O–H groups in total. The molecule has 0 saturated carbocycles. The number of nitrogens with zero attached hydrogens (tertiary/aromatic N) is 1. The minimum Gasteiger partial charge on any atom is -0.369 e. The lowest BCUT2D eigenvalue weighted by molar-refractivity contribution is 0.362. The average Bonchev–Trinajstić information content (AvgIpc) is 2.68. The first-order valence-corrected chi connectivity index (χ1v) is 8.93. The highest BCUT2D eigenvalue weighted by Gasteiger charge is 2.06. The molecule has 0 aromatic heterocycles. The Kier molecular flexibility index (Phi) is 6.06. The summed E-state index contributed by atoms with van der Waals surface area (Å²) in [6.07, 6.45) is 3.35. The minimum absolute atomic E-state index is 0.909. The zero-order valence-corrected chi connectivity index (χ0v) is 14.8. The van der Waals surface area contributed by atoms with Gasteiger partial charge in [0.15, 0.2) is 0 Å². The lowest BCUT2D eigenvalue weighted by Gasteiger charge is -2.23. The molecule has 0 amide bonds. The molecule has 0 atom stereocenters. The Morgan fingerprint density at radius 3 is 1.56 bits per heavy atom. The zero-order chi connectivity index (χ0) is 17.3. The number of rotatable bonds is 7. The van der Waals surface area contributed by atoms with E-state index in [9.17, 15) is 0 Å². The van der Waals surface area contributed by atoms with Crippen LogP contribution < -0.4 is 0 Å². The summed E-state index contributed by atoms with van der Waals surface area (Å²) in [6, 6.07) is 32.0. The fraction of sp³-hybridized carbons (Fsp3) is 0.167. The van der Waals surface area contributed by atoms with E-state index in [0.717, 1.165) is 19.5 Å². The highest BCUT2D eigenvalue weighted by molar-refractivity contribution is 5.64. The van der Waals surface area contributed by atoms with E-state index < -0.39 is 0 Å². The van der Waals surface area contributed by atoms with Crippen molar-refractivity contribution >= 4 is 5.57 Å². The normalized spacial score (nSPS) is 11.3. The molecule has 0 bridgehead atoms. The number of allylic oxidation sites excluding steroid dienone is 1. The molecule has 0 heterocycles. The third-order valence-electron chi connectivity index (χ3n) is 4.32. The average molecular weight is 327 g/mol. The predicted molar refractivity (Wildman–Crippen MR) is 107 cm³/mol. The van der Waals surface area contributed by atoms with Crippen molar-refractivity contribution in [3.05, 3.63) is 114 Å². The maximum absolute atomic E-state index is 2.41. The number of benzene rings is 3. The Morgan fingerprint density at radius 1 is 0.680 bits per heavy atom. The van der Waals surface area contributed by atoms with Gasteiger partial charge in [-0.25, -0.2) is 0 Å². The van der Waals surface area contributed by atoms with Crippen LogP contribution in [0.5, 0.6) is 0 Å². The molecule has 3 rings (SSSR count). The molecule has 1 nitrogen and oxygen atoms in total. The van der Waals surface area contributed by atoms with Crippen molar-refractivity contribution in [2.24, 2.45) is 0 Å². The van der Waals surface area contributed by atoms with Gasteiger partial charge in [-0.1, -0.05) is 97.9 Å². The van der Waals surface area contributed by atoms with Gasteiger partial charge in [-0.3, -0.25) is 0 Å². The van der Waals surface area contributed by atoms with Crippen molar-refractivity contribution in [3.63, 3.8) is 0 Å². The minimum atomic E-state index is 0.909. The third-order valence-corrected chi connectivity index (χ3v) is 4.32. The summed E-state index contributed by atoms with van der Waals surface area (Å²) < 4.78 is 0. The van der Waals surface area contributed by atoms with Crippen LogP contribution in [0.1, 0.15) is 30.0 Å². The van der Waals surface area contributed by atoms with Crippen LogP contribution in [0.3, 0.4) is 0 Å². The van der Waals surface area contributed by atoms with Crippen LogP contribution in [0.2, 0.25) is 0 Å². The van der Waals surface area contributed by atoms with Crippen LogP contribution >= 0.6 is 0 Å². The van der Waals surface area contributed by atoms with Crippen molar-refractivity contribution in [3.8, 4) is 0 Å². The second kappa shape index (κ2) is 8.89. The van der Waals surface area contributed by atoms with E-state index in [0.29, 0.717) is 0 Å². The van der Waals surface area contributed by atoms with E-state index in [1.165, 1.54) is 22.3 Å². The first-order chi connectivity index (χ1) is 12.3. The summed E-state index contributed by atoms with van der Waals surface area (Å²) in [5.74, 6) is 0. The summed E-state index contributed by atoms with van der Waals surface area (Å²) in [5.41, 5.74) is 5.33. The lowest BCUT2D eigenvalue weighted by atomic mass is 10.0. The molecule has 0 spiro atoms. The largest absolute Gasteiger partial charge is 0.369 e.